The Morgan fingerprint density at radius 3 is 3.00 bits per heavy atom. The monoisotopic (exact) mass is 324 g/mol. The maximum atomic E-state index is 12.1. The van der Waals surface area contributed by atoms with Gasteiger partial charge < -0.3 is 10.2 Å². The van der Waals surface area contributed by atoms with E-state index in [1.54, 1.807) is 0 Å². The van der Waals surface area contributed by atoms with E-state index in [1.807, 2.05) is 16.3 Å². The number of piperazine rings is 1. The smallest absolute Gasteiger partial charge is 0.265 e. The van der Waals surface area contributed by atoms with Gasteiger partial charge in [-0.25, -0.2) is 0 Å². The zero-order chi connectivity index (χ0) is 10.8. The molecule has 1 amide bonds. The van der Waals surface area contributed by atoms with Crippen molar-refractivity contribution in [3.8, 4) is 0 Å². The lowest BCUT2D eigenvalue weighted by Crippen LogP contribution is -2.51. The van der Waals surface area contributed by atoms with Gasteiger partial charge in [-0.05, 0) is 34.3 Å². The number of nitrogens with one attached hydrogen (secondary N) is 1. The Labute approximate surface area is 114 Å². The zero-order valence-corrected chi connectivity index (χ0v) is 12.1. The molecule has 0 bridgehead atoms. The molecule has 3 nitrogen and oxygen atoms in total. The standard InChI is InChI=1S/C10H13BrN2OS.ClH/c1-7-6-13(4-3-12-7)10(14)9-8(11)2-5-15-9;/h2,5,7,12H,3-4,6H2,1H3;1H/t7-;/m1./s1. The van der Waals surface area contributed by atoms with Crippen molar-refractivity contribution in [2.75, 3.05) is 19.6 Å². The lowest BCUT2D eigenvalue weighted by atomic mass is 10.2. The van der Waals surface area contributed by atoms with E-state index in [0.717, 1.165) is 29.0 Å². The summed E-state index contributed by atoms with van der Waals surface area (Å²) in [4.78, 5) is 14.8. The van der Waals surface area contributed by atoms with Crippen molar-refractivity contribution >= 4 is 45.6 Å². The van der Waals surface area contributed by atoms with Crippen LogP contribution in [0, 0.1) is 0 Å². The number of halogens is 2. The normalized spacial score (nSPS) is 20.4. The van der Waals surface area contributed by atoms with Gasteiger partial charge in [-0.1, -0.05) is 0 Å². The molecular formula is C10H14BrClN2OS. The SMILES string of the molecule is C[C@@H]1CN(C(=O)c2sccc2Br)CCN1.Cl. The predicted molar refractivity (Wildman–Crippen MR) is 72.6 cm³/mol. The van der Waals surface area contributed by atoms with Gasteiger partial charge in [-0.15, -0.1) is 23.7 Å². The maximum absolute atomic E-state index is 12.1. The van der Waals surface area contributed by atoms with E-state index in [2.05, 4.69) is 28.2 Å². The molecule has 0 radical (unpaired) electrons. The van der Waals surface area contributed by atoms with Crippen LogP contribution in [-0.2, 0) is 0 Å². The van der Waals surface area contributed by atoms with E-state index in [4.69, 9.17) is 0 Å². The number of amides is 1. The number of nitrogens with zero attached hydrogens (tertiary/aromatic N) is 1. The summed E-state index contributed by atoms with van der Waals surface area (Å²) in [6, 6.07) is 2.31. The Bertz CT molecular complexity index is 371. The van der Waals surface area contributed by atoms with Crippen LogP contribution in [0.5, 0.6) is 0 Å². The molecule has 0 spiro atoms. The third kappa shape index (κ3) is 2.97. The van der Waals surface area contributed by atoms with Crippen LogP contribution in [0.25, 0.3) is 0 Å². The highest BCUT2D eigenvalue weighted by atomic mass is 79.9. The summed E-state index contributed by atoms with van der Waals surface area (Å²) < 4.78 is 0.906. The van der Waals surface area contributed by atoms with Crippen molar-refractivity contribution in [2.45, 2.75) is 13.0 Å². The fourth-order valence-corrected chi connectivity index (χ4v) is 3.21. The molecule has 0 unspecified atom stereocenters. The van der Waals surface area contributed by atoms with E-state index in [-0.39, 0.29) is 18.3 Å². The molecule has 1 saturated heterocycles. The summed E-state index contributed by atoms with van der Waals surface area (Å²) in [6.45, 7) is 4.58. The fraction of sp³-hybridized carbons (Fsp3) is 0.500. The maximum Gasteiger partial charge on any atom is 0.265 e. The van der Waals surface area contributed by atoms with Gasteiger partial charge in [-0.2, -0.15) is 0 Å². The van der Waals surface area contributed by atoms with Crippen molar-refractivity contribution in [1.29, 1.82) is 0 Å². The predicted octanol–water partition coefficient (Wildman–Crippen LogP) is 2.37. The Morgan fingerprint density at radius 2 is 2.44 bits per heavy atom. The van der Waals surface area contributed by atoms with Crippen molar-refractivity contribution < 1.29 is 4.79 Å². The molecule has 1 aromatic rings. The molecule has 1 atom stereocenters. The van der Waals surface area contributed by atoms with Gasteiger partial charge in [0.15, 0.2) is 0 Å². The summed E-state index contributed by atoms with van der Waals surface area (Å²) in [5.74, 6) is 0.144. The molecule has 90 valence electrons. The van der Waals surface area contributed by atoms with Gasteiger partial charge >= 0.3 is 0 Å². The highest BCUT2D eigenvalue weighted by molar-refractivity contribution is 9.10. The molecule has 1 aromatic heterocycles. The van der Waals surface area contributed by atoms with Crippen molar-refractivity contribution in [3.63, 3.8) is 0 Å². The first-order valence-corrected chi connectivity index (χ1v) is 6.61. The summed E-state index contributed by atoms with van der Waals surface area (Å²) in [5.41, 5.74) is 0. The van der Waals surface area contributed by atoms with Gasteiger partial charge in [0, 0.05) is 30.1 Å². The van der Waals surface area contributed by atoms with E-state index in [1.165, 1.54) is 11.3 Å². The Hall–Kier alpha value is -0.100. The molecule has 0 saturated carbocycles. The number of rotatable bonds is 1. The third-order valence-electron chi connectivity index (χ3n) is 2.47. The summed E-state index contributed by atoms with van der Waals surface area (Å²) in [5, 5.41) is 5.26. The Morgan fingerprint density at radius 1 is 1.69 bits per heavy atom. The number of hydrogen-bond donors (Lipinski definition) is 1. The molecule has 2 heterocycles. The van der Waals surface area contributed by atoms with E-state index in [9.17, 15) is 4.79 Å². The van der Waals surface area contributed by atoms with E-state index < -0.39 is 0 Å². The Balaban J connectivity index is 0.00000128. The van der Waals surface area contributed by atoms with Crippen LogP contribution in [0.3, 0.4) is 0 Å². The summed E-state index contributed by atoms with van der Waals surface area (Å²) >= 11 is 4.89. The van der Waals surface area contributed by atoms with Crippen LogP contribution in [-0.4, -0.2) is 36.5 Å². The lowest BCUT2D eigenvalue weighted by molar-refractivity contribution is 0.0713. The largest absolute Gasteiger partial charge is 0.335 e. The van der Waals surface area contributed by atoms with Crippen LogP contribution >= 0.6 is 39.7 Å². The minimum atomic E-state index is 0. The summed E-state index contributed by atoms with van der Waals surface area (Å²) in [7, 11) is 0. The van der Waals surface area contributed by atoms with Crippen LogP contribution in [0.15, 0.2) is 15.9 Å². The zero-order valence-electron chi connectivity index (χ0n) is 8.90. The minimum absolute atomic E-state index is 0. The first-order chi connectivity index (χ1) is 7.18. The van der Waals surface area contributed by atoms with E-state index >= 15 is 0 Å². The van der Waals surface area contributed by atoms with Crippen molar-refractivity contribution in [2.24, 2.45) is 0 Å². The number of carbonyl (C=O) groups is 1. The van der Waals surface area contributed by atoms with Crippen LogP contribution < -0.4 is 5.32 Å². The molecule has 0 aromatic carbocycles. The van der Waals surface area contributed by atoms with Crippen molar-refractivity contribution in [3.05, 3.63) is 20.8 Å². The van der Waals surface area contributed by atoms with Gasteiger partial charge in [0.2, 0.25) is 0 Å². The highest BCUT2D eigenvalue weighted by Crippen LogP contribution is 2.24. The second-order valence-corrected chi connectivity index (χ2v) is 5.47. The number of thiophene rings is 1. The Kier molecular flexibility index (Phi) is 5.24. The van der Waals surface area contributed by atoms with Crippen LogP contribution in [0.4, 0.5) is 0 Å². The number of carbonyl (C=O) groups excluding carboxylic acids is 1. The molecular weight excluding hydrogens is 312 g/mol. The second-order valence-electron chi connectivity index (χ2n) is 3.70. The van der Waals surface area contributed by atoms with Gasteiger partial charge in [0.1, 0.15) is 4.88 Å². The van der Waals surface area contributed by atoms with Gasteiger partial charge in [0.05, 0.1) is 0 Å². The van der Waals surface area contributed by atoms with Crippen LogP contribution in [0.1, 0.15) is 16.6 Å². The highest BCUT2D eigenvalue weighted by Gasteiger charge is 2.23. The number of hydrogen-bond acceptors (Lipinski definition) is 3. The van der Waals surface area contributed by atoms with Gasteiger partial charge in [0.25, 0.3) is 5.91 Å². The lowest BCUT2D eigenvalue weighted by Gasteiger charge is -2.31. The molecule has 0 aliphatic carbocycles. The first-order valence-electron chi connectivity index (χ1n) is 4.94. The first kappa shape index (κ1) is 14.0. The molecule has 1 aliphatic rings. The summed E-state index contributed by atoms with van der Waals surface area (Å²) in [6.07, 6.45) is 0. The molecule has 16 heavy (non-hydrogen) atoms. The quantitative estimate of drug-likeness (QED) is 0.860. The third-order valence-corrected chi connectivity index (χ3v) is 4.29. The van der Waals surface area contributed by atoms with Gasteiger partial charge in [-0.3, -0.25) is 4.79 Å². The second kappa shape index (κ2) is 6.00. The average Bonchev–Trinajstić information content (AvgIpc) is 2.63. The topological polar surface area (TPSA) is 32.3 Å². The van der Waals surface area contributed by atoms with Crippen LogP contribution in [0.2, 0.25) is 0 Å². The molecule has 1 aliphatic heterocycles. The molecule has 1 N–H and O–H groups in total. The van der Waals surface area contributed by atoms with Crippen molar-refractivity contribution in [1.82, 2.24) is 10.2 Å². The average molecular weight is 326 g/mol. The molecule has 6 heteroatoms. The fourth-order valence-electron chi connectivity index (χ4n) is 1.71. The van der Waals surface area contributed by atoms with E-state index in [0.29, 0.717) is 6.04 Å². The minimum Gasteiger partial charge on any atom is -0.335 e. The molecule has 1 fully saturated rings. The molecule has 2 rings (SSSR count).